The molecule has 1 N–H and O–H groups in total. The molecule has 0 heterocycles. The molecule has 0 atom stereocenters. The van der Waals surface area contributed by atoms with Crippen molar-refractivity contribution in [2.75, 3.05) is 11.4 Å². The normalized spacial score (nSPS) is 10.8. The fourth-order valence-electron chi connectivity index (χ4n) is 1.37. The van der Waals surface area contributed by atoms with Crippen LogP contribution in [0.1, 0.15) is 31.1 Å². The van der Waals surface area contributed by atoms with Crippen LogP contribution in [0, 0.1) is 0 Å². The maximum Gasteiger partial charge on any atom is 0.412 e. The number of halogens is 2. The molecule has 0 aliphatic carbocycles. The van der Waals surface area contributed by atoms with Crippen molar-refractivity contribution >= 4 is 41.0 Å². The number of hydrogen-bond acceptors (Lipinski definition) is 4. The van der Waals surface area contributed by atoms with Gasteiger partial charge in [0, 0.05) is 0 Å². The van der Waals surface area contributed by atoms with E-state index in [2.05, 4.69) is 10.1 Å². The Balaban J connectivity index is 2.98. The van der Waals surface area contributed by atoms with Crippen molar-refractivity contribution in [3.05, 3.63) is 28.8 Å². The van der Waals surface area contributed by atoms with Gasteiger partial charge in [-0.25, -0.2) is 9.59 Å². The number of carbonyl (C=O) groups is 2. The Morgan fingerprint density at radius 2 is 1.95 bits per heavy atom. The minimum atomic E-state index is -0.725. The smallest absolute Gasteiger partial charge is 0.412 e. The summed E-state index contributed by atoms with van der Waals surface area (Å²) in [7, 11) is 0. The van der Waals surface area contributed by atoms with E-state index in [-0.39, 0.29) is 22.3 Å². The van der Waals surface area contributed by atoms with Gasteiger partial charge in [-0.1, -0.05) is 29.3 Å². The third-order valence-electron chi connectivity index (χ3n) is 2.04. The van der Waals surface area contributed by atoms with Gasteiger partial charge in [0.15, 0.2) is 6.07 Å². The second-order valence-electron chi connectivity index (χ2n) is 4.83. The van der Waals surface area contributed by atoms with Gasteiger partial charge in [-0.05, 0) is 32.9 Å². The number of nitrogens with one attached hydrogen (secondary N) is 1. The molecule has 1 amide bonds. The van der Waals surface area contributed by atoms with Gasteiger partial charge in [0.25, 0.3) is 0 Å². The van der Waals surface area contributed by atoms with Crippen LogP contribution in [-0.2, 0) is 9.47 Å². The average molecular weight is 320 g/mol. The second-order valence-corrected chi connectivity index (χ2v) is 5.46. The highest BCUT2D eigenvalue weighted by atomic mass is 35.5. The van der Waals surface area contributed by atoms with E-state index in [0.717, 1.165) is 0 Å². The first-order chi connectivity index (χ1) is 9.24. The van der Waals surface area contributed by atoms with Crippen molar-refractivity contribution in [3.8, 4) is 0 Å². The van der Waals surface area contributed by atoms with Crippen molar-refractivity contribution in [2.24, 2.45) is 0 Å². The number of carbonyl (C=O) groups excluding carboxylic acids is 2. The Hall–Kier alpha value is -1.46. The molecule has 20 heavy (non-hydrogen) atoms. The molecule has 0 aliphatic rings. The molecule has 1 rings (SSSR count). The van der Waals surface area contributed by atoms with Crippen molar-refractivity contribution in [2.45, 2.75) is 26.4 Å². The molecule has 0 unspecified atom stereocenters. The minimum absolute atomic E-state index is 0.0284. The Bertz CT molecular complexity index is 512. The van der Waals surface area contributed by atoms with Crippen LogP contribution in [0.4, 0.5) is 10.5 Å². The molecular formula is C13H15Cl2NO4. The zero-order valence-electron chi connectivity index (χ0n) is 11.3. The summed E-state index contributed by atoms with van der Waals surface area (Å²) in [5.41, 5.74) is -0.429. The van der Waals surface area contributed by atoms with Crippen LogP contribution < -0.4 is 5.32 Å². The number of esters is 1. The van der Waals surface area contributed by atoms with Crippen LogP contribution in [0.5, 0.6) is 0 Å². The molecule has 7 heteroatoms. The van der Waals surface area contributed by atoms with Gasteiger partial charge in [-0.3, -0.25) is 5.32 Å². The van der Waals surface area contributed by atoms with E-state index in [1.165, 1.54) is 12.1 Å². The number of benzene rings is 1. The summed E-state index contributed by atoms with van der Waals surface area (Å²) in [5.74, 6) is -0.725. The predicted molar refractivity (Wildman–Crippen MR) is 77.4 cm³/mol. The van der Waals surface area contributed by atoms with E-state index in [4.69, 9.17) is 27.9 Å². The quantitative estimate of drug-likeness (QED) is 0.674. The first-order valence-electron chi connectivity index (χ1n) is 5.76. The number of amides is 1. The molecular weight excluding hydrogens is 305 g/mol. The molecule has 110 valence electrons. The third-order valence-corrected chi connectivity index (χ3v) is 2.46. The fourth-order valence-corrected chi connectivity index (χ4v) is 1.72. The topological polar surface area (TPSA) is 64.6 Å². The van der Waals surface area contributed by atoms with Crippen LogP contribution in [0.15, 0.2) is 18.2 Å². The lowest BCUT2D eigenvalue weighted by molar-refractivity contribution is 0.0575. The summed E-state index contributed by atoms with van der Waals surface area (Å²) in [6.07, 6.45) is -0.695. The number of rotatable bonds is 3. The maximum atomic E-state index is 11.8. The molecule has 0 fully saturated rings. The number of alkyl halides is 1. The van der Waals surface area contributed by atoms with E-state index in [0.29, 0.717) is 0 Å². The number of anilines is 1. The Labute approximate surface area is 127 Å². The van der Waals surface area contributed by atoms with Crippen molar-refractivity contribution in [3.63, 3.8) is 0 Å². The lowest BCUT2D eigenvalue weighted by Crippen LogP contribution is -2.27. The third kappa shape index (κ3) is 4.90. The highest BCUT2D eigenvalue weighted by Crippen LogP contribution is 2.26. The van der Waals surface area contributed by atoms with E-state index in [9.17, 15) is 9.59 Å². The van der Waals surface area contributed by atoms with Crippen LogP contribution in [-0.4, -0.2) is 23.7 Å². The standard InChI is InChI=1S/C13H15Cl2NO4/c1-13(2,3)20-12(18)16-9-6-4-5-8(15)10(9)11(17)19-7-14/h4-6H,7H2,1-3H3,(H,16,18). The van der Waals surface area contributed by atoms with Crippen LogP contribution in [0.3, 0.4) is 0 Å². The molecule has 0 saturated carbocycles. The van der Waals surface area contributed by atoms with Crippen LogP contribution in [0.2, 0.25) is 5.02 Å². The molecule has 1 aromatic rings. The molecule has 0 radical (unpaired) electrons. The zero-order chi connectivity index (χ0) is 15.3. The SMILES string of the molecule is CC(C)(C)OC(=O)Nc1cccc(Cl)c1C(=O)OCCl. The highest BCUT2D eigenvalue weighted by Gasteiger charge is 2.21. The van der Waals surface area contributed by atoms with Gasteiger partial charge in [0.2, 0.25) is 0 Å². The molecule has 0 bridgehead atoms. The molecule has 5 nitrogen and oxygen atoms in total. The predicted octanol–water partition coefficient (Wildman–Crippen LogP) is 4.04. The second kappa shape index (κ2) is 6.81. The van der Waals surface area contributed by atoms with Crippen LogP contribution in [0.25, 0.3) is 0 Å². The lowest BCUT2D eigenvalue weighted by Gasteiger charge is -2.20. The van der Waals surface area contributed by atoms with E-state index in [1.54, 1.807) is 26.8 Å². The van der Waals surface area contributed by atoms with Gasteiger partial charge in [-0.2, -0.15) is 0 Å². The Morgan fingerprint density at radius 3 is 2.50 bits per heavy atom. The highest BCUT2D eigenvalue weighted by molar-refractivity contribution is 6.34. The summed E-state index contributed by atoms with van der Waals surface area (Å²) >= 11 is 11.3. The number of hydrogen-bond donors (Lipinski definition) is 1. The van der Waals surface area contributed by atoms with Crippen molar-refractivity contribution in [1.29, 1.82) is 0 Å². The molecule has 0 aliphatic heterocycles. The van der Waals surface area contributed by atoms with Gasteiger partial charge in [0.1, 0.15) is 11.2 Å². The number of ether oxygens (including phenoxy) is 2. The monoisotopic (exact) mass is 319 g/mol. The summed E-state index contributed by atoms with van der Waals surface area (Å²) in [6.45, 7) is 5.19. The lowest BCUT2D eigenvalue weighted by atomic mass is 10.1. The summed E-state index contributed by atoms with van der Waals surface area (Å²) in [5, 5.41) is 2.60. The van der Waals surface area contributed by atoms with Gasteiger partial charge >= 0.3 is 12.1 Å². The maximum absolute atomic E-state index is 11.8. The van der Waals surface area contributed by atoms with E-state index < -0.39 is 17.7 Å². The van der Waals surface area contributed by atoms with Crippen molar-refractivity contribution < 1.29 is 19.1 Å². The Morgan fingerprint density at radius 1 is 1.30 bits per heavy atom. The molecule has 0 aromatic heterocycles. The molecule has 0 spiro atoms. The van der Waals surface area contributed by atoms with Gasteiger partial charge in [-0.15, -0.1) is 0 Å². The fraction of sp³-hybridized carbons (Fsp3) is 0.385. The summed E-state index contributed by atoms with van der Waals surface area (Å²) in [4.78, 5) is 23.5. The summed E-state index contributed by atoms with van der Waals surface area (Å²) in [6, 6.07) is 4.30. The largest absolute Gasteiger partial charge is 0.446 e. The Kier molecular flexibility index (Phi) is 5.65. The van der Waals surface area contributed by atoms with Crippen LogP contribution >= 0.6 is 23.2 Å². The van der Waals surface area contributed by atoms with E-state index >= 15 is 0 Å². The first kappa shape index (κ1) is 16.6. The summed E-state index contributed by atoms with van der Waals surface area (Å²) < 4.78 is 9.79. The molecule has 0 saturated heterocycles. The molecule has 1 aromatic carbocycles. The van der Waals surface area contributed by atoms with E-state index in [1.807, 2.05) is 0 Å². The van der Waals surface area contributed by atoms with Gasteiger partial charge in [0.05, 0.1) is 10.7 Å². The first-order valence-corrected chi connectivity index (χ1v) is 6.67. The van der Waals surface area contributed by atoms with Crippen molar-refractivity contribution in [1.82, 2.24) is 0 Å². The average Bonchev–Trinajstić information content (AvgIpc) is 2.26. The zero-order valence-corrected chi connectivity index (χ0v) is 12.8. The van der Waals surface area contributed by atoms with Gasteiger partial charge < -0.3 is 9.47 Å². The minimum Gasteiger partial charge on any atom is -0.446 e.